The van der Waals surface area contributed by atoms with Gasteiger partial charge in [-0.05, 0) is 42.3 Å². The molecule has 0 saturated heterocycles. The third kappa shape index (κ3) is 4.58. The maximum atomic E-state index is 14.6. The Bertz CT molecular complexity index is 1330. The number of urea groups is 1. The molecule has 9 nitrogen and oxygen atoms in total. The van der Waals surface area contributed by atoms with E-state index in [1.807, 2.05) is 6.07 Å². The van der Waals surface area contributed by atoms with Gasteiger partial charge in [0.1, 0.15) is 0 Å². The molecule has 0 aliphatic carbocycles. The second kappa shape index (κ2) is 9.72. The topological polar surface area (TPSA) is 123 Å². The van der Waals surface area contributed by atoms with Crippen LogP contribution in [0.25, 0.3) is 11.3 Å². The van der Waals surface area contributed by atoms with Crippen LogP contribution in [0.2, 0.25) is 0 Å². The van der Waals surface area contributed by atoms with E-state index in [4.69, 9.17) is 9.47 Å². The smallest absolute Gasteiger partial charge is 0.320 e. The number of halogens is 1. The van der Waals surface area contributed by atoms with Crippen LogP contribution in [0.5, 0.6) is 17.2 Å². The first-order chi connectivity index (χ1) is 16.8. The number of phenols is 1. The molecular formula is C25H22FN3O6. The Morgan fingerprint density at radius 3 is 2.46 bits per heavy atom. The van der Waals surface area contributed by atoms with Crippen LogP contribution in [0.15, 0.2) is 60.7 Å². The number of methoxy groups -OCH3 is 1. The molecule has 180 valence electrons. The molecule has 0 radical (unpaired) electrons. The zero-order valence-electron chi connectivity index (χ0n) is 18.9. The number of nitro groups is 1. The summed E-state index contributed by atoms with van der Waals surface area (Å²) in [6.07, 6.45) is 0. The summed E-state index contributed by atoms with van der Waals surface area (Å²) in [6, 6.07) is 14.5. The summed E-state index contributed by atoms with van der Waals surface area (Å²) < 4.78 is 25.0. The maximum Gasteiger partial charge on any atom is 0.320 e. The van der Waals surface area contributed by atoms with Crippen LogP contribution in [0.4, 0.5) is 14.9 Å². The van der Waals surface area contributed by atoms with Crippen molar-refractivity contribution in [3.05, 3.63) is 93.3 Å². The van der Waals surface area contributed by atoms with Gasteiger partial charge in [0.25, 0.3) is 0 Å². The normalized spacial score (nSPS) is 15.3. The number of rotatable bonds is 7. The lowest BCUT2D eigenvalue weighted by molar-refractivity contribution is -0.386. The highest BCUT2D eigenvalue weighted by Gasteiger charge is 2.33. The Hall–Kier alpha value is -4.60. The summed E-state index contributed by atoms with van der Waals surface area (Å²) in [7, 11) is 1.35. The van der Waals surface area contributed by atoms with Crippen molar-refractivity contribution in [3.63, 3.8) is 0 Å². The van der Waals surface area contributed by atoms with E-state index in [0.717, 1.165) is 0 Å². The minimum atomic E-state index is -0.884. The molecule has 10 heteroatoms. The molecule has 35 heavy (non-hydrogen) atoms. The first kappa shape index (κ1) is 23.6. The van der Waals surface area contributed by atoms with Crippen molar-refractivity contribution in [2.24, 2.45) is 0 Å². The predicted molar refractivity (Wildman–Crippen MR) is 127 cm³/mol. The fraction of sp³-hybridized carbons (Fsp3) is 0.160. The lowest BCUT2D eigenvalue weighted by Gasteiger charge is -2.31. The number of nitrogens with one attached hydrogen (secondary N) is 2. The summed E-state index contributed by atoms with van der Waals surface area (Å²) in [5.41, 5.74) is 1.66. The molecule has 0 saturated carbocycles. The molecule has 3 aromatic rings. The monoisotopic (exact) mass is 479 g/mol. The van der Waals surface area contributed by atoms with Crippen molar-refractivity contribution in [1.82, 2.24) is 10.6 Å². The molecule has 0 spiro atoms. The van der Waals surface area contributed by atoms with Gasteiger partial charge in [0.15, 0.2) is 17.3 Å². The minimum absolute atomic E-state index is 0.0444. The van der Waals surface area contributed by atoms with Crippen molar-refractivity contribution < 1.29 is 28.7 Å². The Kier molecular flexibility index (Phi) is 6.54. The van der Waals surface area contributed by atoms with Crippen LogP contribution in [0.1, 0.15) is 29.7 Å². The number of carbonyl (C=O) groups is 1. The molecule has 0 aromatic heterocycles. The van der Waals surface area contributed by atoms with Crippen molar-refractivity contribution in [2.75, 3.05) is 13.7 Å². The van der Waals surface area contributed by atoms with E-state index in [1.54, 1.807) is 37.3 Å². The van der Waals surface area contributed by atoms with Crippen molar-refractivity contribution >= 4 is 23.0 Å². The van der Waals surface area contributed by atoms with Crippen molar-refractivity contribution in [2.45, 2.75) is 13.0 Å². The summed E-state index contributed by atoms with van der Waals surface area (Å²) in [5, 5.41) is 27.5. The van der Waals surface area contributed by atoms with Gasteiger partial charge < -0.3 is 25.2 Å². The average Bonchev–Trinajstić information content (AvgIpc) is 2.85. The highest BCUT2D eigenvalue weighted by molar-refractivity contribution is 6.03. The largest absolute Gasteiger partial charge is 0.500 e. The molecule has 1 unspecified atom stereocenters. The van der Waals surface area contributed by atoms with E-state index in [0.29, 0.717) is 28.0 Å². The molecule has 0 bridgehead atoms. The minimum Gasteiger partial charge on any atom is -0.500 e. The Labute approximate surface area is 200 Å². The predicted octanol–water partition coefficient (Wildman–Crippen LogP) is 4.77. The number of ether oxygens (including phenoxy) is 2. The lowest BCUT2D eigenvalue weighted by Crippen LogP contribution is -2.43. The Morgan fingerprint density at radius 1 is 1.09 bits per heavy atom. The number of nitrogens with zero attached hydrogens (tertiary/aromatic N) is 1. The van der Waals surface area contributed by atoms with Gasteiger partial charge in [-0.25, -0.2) is 9.18 Å². The van der Waals surface area contributed by atoms with Gasteiger partial charge >= 0.3 is 11.7 Å². The van der Waals surface area contributed by atoms with Gasteiger partial charge in [0.2, 0.25) is 5.75 Å². The number of aromatic hydroxyl groups is 1. The van der Waals surface area contributed by atoms with E-state index in [9.17, 15) is 24.4 Å². The molecule has 1 atom stereocenters. The standard InChI is InChI=1S/C25H22FN3O6/c1-3-35-20-13-16(12-18(24(20)30)29(32)33)23-21(14-7-5-4-6-8-14)22(27-25(31)28-23)15-9-10-19(34-2)17(26)11-15/h4-13,23,30H,3H2,1-2H3,(H2,27,28,31). The zero-order valence-corrected chi connectivity index (χ0v) is 18.9. The van der Waals surface area contributed by atoms with Gasteiger partial charge in [-0.2, -0.15) is 0 Å². The highest BCUT2D eigenvalue weighted by atomic mass is 19.1. The first-order valence-corrected chi connectivity index (χ1v) is 10.7. The fourth-order valence-electron chi connectivity index (χ4n) is 3.98. The van der Waals surface area contributed by atoms with Crippen LogP contribution < -0.4 is 20.1 Å². The SMILES string of the molecule is CCOc1cc(C2NC(=O)NC(c3ccc(OC)c(F)c3)=C2c2ccccc2)cc([N+](=O)[O-])c1O. The van der Waals surface area contributed by atoms with Gasteiger partial charge in [0.05, 0.1) is 30.4 Å². The number of benzene rings is 3. The molecule has 4 rings (SSSR count). The van der Waals surface area contributed by atoms with E-state index in [-0.39, 0.29) is 18.1 Å². The van der Waals surface area contributed by atoms with Gasteiger partial charge in [-0.15, -0.1) is 0 Å². The molecule has 1 aliphatic rings. The van der Waals surface area contributed by atoms with E-state index in [1.165, 1.54) is 31.4 Å². The number of hydrogen-bond acceptors (Lipinski definition) is 6. The van der Waals surface area contributed by atoms with Crippen molar-refractivity contribution in [3.8, 4) is 17.2 Å². The number of carbonyl (C=O) groups excluding carboxylic acids is 1. The second-order valence-corrected chi connectivity index (χ2v) is 7.61. The number of hydrogen-bond donors (Lipinski definition) is 3. The van der Waals surface area contributed by atoms with Crippen LogP contribution >= 0.6 is 0 Å². The van der Waals surface area contributed by atoms with E-state index >= 15 is 0 Å². The van der Waals surface area contributed by atoms with E-state index < -0.39 is 34.3 Å². The lowest BCUT2D eigenvalue weighted by atomic mass is 9.87. The number of nitro benzene ring substituents is 1. The highest BCUT2D eigenvalue weighted by Crippen LogP contribution is 2.44. The quantitative estimate of drug-likeness (QED) is 0.331. The summed E-state index contributed by atoms with van der Waals surface area (Å²) >= 11 is 0. The van der Waals surface area contributed by atoms with Crippen LogP contribution in [0.3, 0.4) is 0 Å². The average molecular weight is 479 g/mol. The molecule has 3 N–H and O–H groups in total. The molecule has 1 heterocycles. The second-order valence-electron chi connectivity index (χ2n) is 7.61. The molecule has 0 fully saturated rings. The van der Waals surface area contributed by atoms with Gasteiger partial charge in [0, 0.05) is 17.2 Å². The number of phenolic OH excluding ortho intramolecular Hbond substituents is 1. The Morgan fingerprint density at radius 2 is 1.83 bits per heavy atom. The summed E-state index contributed by atoms with van der Waals surface area (Å²) in [4.78, 5) is 23.6. The fourth-order valence-corrected chi connectivity index (χ4v) is 3.98. The van der Waals surface area contributed by atoms with E-state index in [2.05, 4.69) is 10.6 Å². The molecular weight excluding hydrogens is 457 g/mol. The molecule has 2 amide bonds. The maximum absolute atomic E-state index is 14.6. The van der Waals surface area contributed by atoms with Crippen molar-refractivity contribution in [1.29, 1.82) is 0 Å². The molecule has 3 aromatic carbocycles. The third-order valence-electron chi connectivity index (χ3n) is 5.50. The van der Waals surface area contributed by atoms with Crippen LogP contribution in [-0.4, -0.2) is 29.8 Å². The zero-order chi connectivity index (χ0) is 25.1. The van der Waals surface area contributed by atoms with Crippen LogP contribution in [-0.2, 0) is 0 Å². The summed E-state index contributed by atoms with van der Waals surface area (Å²) in [5.74, 6) is -1.27. The van der Waals surface area contributed by atoms with Crippen LogP contribution in [0, 0.1) is 15.9 Å². The molecule has 1 aliphatic heterocycles. The van der Waals surface area contributed by atoms with Gasteiger partial charge in [-0.3, -0.25) is 10.1 Å². The first-order valence-electron chi connectivity index (χ1n) is 10.7. The Balaban J connectivity index is 1.99. The third-order valence-corrected chi connectivity index (χ3v) is 5.50. The summed E-state index contributed by atoms with van der Waals surface area (Å²) in [6.45, 7) is 1.83. The number of amides is 2. The van der Waals surface area contributed by atoms with Gasteiger partial charge in [-0.1, -0.05) is 30.3 Å².